The van der Waals surface area contributed by atoms with Crippen molar-refractivity contribution < 1.29 is 0 Å². The van der Waals surface area contributed by atoms with Crippen molar-refractivity contribution in [1.29, 1.82) is 0 Å². The van der Waals surface area contributed by atoms with Crippen LogP contribution in [0.1, 0.15) is 12.8 Å². The first kappa shape index (κ1) is 13.7. The number of rotatable bonds is 2. The molecule has 1 aromatic rings. The average Bonchev–Trinajstić information content (AvgIpc) is 2.77. The van der Waals surface area contributed by atoms with Gasteiger partial charge < -0.3 is 0 Å². The van der Waals surface area contributed by atoms with Gasteiger partial charge in [-0.15, -0.1) is 11.8 Å². The zero-order valence-electron chi connectivity index (χ0n) is 9.60. The Morgan fingerprint density at radius 1 is 0.737 bits per heavy atom. The van der Waals surface area contributed by atoms with Crippen molar-refractivity contribution in [3.05, 3.63) is 25.1 Å². The van der Waals surface area contributed by atoms with Crippen LogP contribution in [0.5, 0.6) is 0 Å². The standard InChI is InChI=1S/C13H9Cl5S/c14-7-8(15)10(17)13(11(18)9(7)16)19-12-3-1-4-5(2-3)6(4)12/h3-6,12H,1-2H2/t3?,4-,5+,6?,12-/m1/s1. The number of halogens is 5. The van der Waals surface area contributed by atoms with E-state index in [0.717, 1.165) is 28.6 Å². The summed E-state index contributed by atoms with van der Waals surface area (Å²) in [5.41, 5.74) is 0. The molecule has 4 aliphatic rings. The molecule has 4 fully saturated rings. The Hall–Kier alpha value is 1.02. The number of benzene rings is 1. The number of hydrogen-bond acceptors (Lipinski definition) is 1. The van der Waals surface area contributed by atoms with E-state index in [-0.39, 0.29) is 5.02 Å². The Kier molecular flexibility index (Phi) is 3.24. The molecule has 0 radical (unpaired) electrons. The van der Waals surface area contributed by atoms with E-state index in [1.54, 1.807) is 11.8 Å². The highest BCUT2D eigenvalue weighted by atomic mass is 35.5. The van der Waals surface area contributed by atoms with Crippen molar-refractivity contribution in [1.82, 2.24) is 0 Å². The molecule has 4 saturated carbocycles. The number of hydrogen-bond donors (Lipinski definition) is 0. The molecule has 0 aromatic heterocycles. The topological polar surface area (TPSA) is 0 Å². The van der Waals surface area contributed by atoms with Crippen LogP contribution in [0.2, 0.25) is 25.1 Å². The third kappa shape index (κ3) is 1.82. The predicted octanol–water partition coefficient (Wildman–Crippen LogP) is 6.70. The highest BCUT2D eigenvalue weighted by molar-refractivity contribution is 8.00. The smallest absolute Gasteiger partial charge is 0.0809 e. The SMILES string of the molecule is Clc1c(Cl)c(Cl)c(S[C@@H]2C3C[C@@H]4C2[C@@H]4C3)c(Cl)c1Cl. The first-order valence-electron chi connectivity index (χ1n) is 6.18. The van der Waals surface area contributed by atoms with Crippen LogP contribution in [-0.4, -0.2) is 5.25 Å². The molecule has 0 aliphatic heterocycles. The molecular weight excluding hydrogens is 365 g/mol. The lowest BCUT2D eigenvalue weighted by Gasteiger charge is -2.18. The summed E-state index contributed by atoms with van der Waals surface area (Å²) in [5, 5.41) is 2.34. The zero-order chi connectivity index (χ0) is 13.5. The van der Waals surface area contributed by atoms with Gasteiger partial charge in [0.25, 0.3) is 0 Å². The molecule has 5 atom stereocenters. The van der Waals surface area contributed by atoms with Gasteiger partial charge in [0.05, 0.1) is 25.1 Å². The van der Waals surface area contributed by atoms with Gasteiger partial charge in [0.1, 0.15) is 0 Å². The van der Waals surface area contributed by atoms with Crippen molar-refractivity contribution in [2.45, 2.75) is 23.0 Å². The van der Waals surface area contributed by atoms with E-state index in [1.165, 1.54) is 12.8 Å². The van der Waals surface area contributed by atoms with Crippen LogP contribution >= 0.6 is 69.8 Å². The summed E-state index contributed by atoms with van der Waals surface area (Å²) >= 11 is 32.6. The van der Waals surface area contributed by atoms with Gasteiger partial charge in [-0.05, 0) is 36.5 Å². The Labute approximate surface area is 141 Å². The lowest BCUT2D eigenvalue weighted by molar-refractivity contribution is 0.615. The highest BCUT2D eigenvalue weighted by Gasteiger charge is 2.68. The fourth-order valence-corrected chi connectivity index (χ4v) is 7.18. The van der Waals surface area contributed by atoms with Crippen LogP contribution in [0.3, 0.4) is 0 Å². The molecule has 4 bridgehead atoms. The summed E-state index contributed by atoms with van der Waals surface area (Å²) < 4.78 is 0. The Morgan fingerprint density at radius 2 is 1.21 bits per heavy atom. The zero-order valence-corrected chi connectivity index (χ0v) is 14.2. The van der Waals surface area contributed by atoms with Crippen molar-refractivity contribution in [3.63, 3.8) is 0 Å². The van der Waals surface area contributed by atoms with Gasteiger partial charge in [-0.2, -0.15) is 0 Å². The summed E-state index contributed by atoms with van der Waals surface area (Å²) in [6.07, 6.45) is 2.74. The molecule has 19 heavy (non-hydrogen) atoms. The van der Waals surface area contributed by atoms with Gasteiger partial charge in [0, 0.05) is 10.1 Å². The quantitative estimate of drug-likeness (QED) is 0.410. The van der Waals surface area contributed by atoms with E-state index < -0.39 is 0 Å². The first-order valence-corrected chi connectivity index (χ1v) is 8.95. The molecule has 6 heteroatoms. The monoisotopic (exact) mass is 372 g/mol. The minimum absolute atomic E-state index is 0.239. The van der Waals surface area contributed by atoms with Crippen LogP contribution in [0.15, 0.2) is 4.90 Å². The minimum atomic E-state index is 0.239. The maximum atomic E-state index is 6.30. The Bertz CT molecular complexity index is 544. The summed E-state index contributed by atoms with van der Waals surface area (Å²) in [6, 6.07) is 0. The van der Waals surface area contributed by atoms with E-state index in [0.29, 0.717) is 25.3 Å². The van der Waals surface area contributed by atoms with Crippen molar-refractivity contribution >= 4 is 69.8 Å². The summed E-state index contributed by atoms with van der Waals surface area (Å²) in [4.78, 5) is 0.797. The second-order valence-corrected chi connectivity index (χ2v) is 8.70. The van der Waals surface area contributed by atoms with Crippen molar-refractivity contribution in [3.8, 4) is 0 Å². The molecule has 1 aromatic carbocycles. The molecule has 102 valence electrons. The molecule has 0 heterocycles. The lowest BCUT2D eigenvalue weighted by Crippen LogP contribution is -2.07. The highest BCUT2D eigenvalue weighted by Crippen LogP contribution is 2.74. The first-order chi connectivity index (χ1) is 9.00. The Morgan fingerprint density at radius 3 is 1.63 bits per heavy atom. The third-order valence-electron chi connectivity index (χ3n) is 4.82. The normalized spacial score (nSPS) is 38.1. The molecule has 0 nitrogen and oxygen atoms in total. The van der Waals surface area contributed by atoms with Crippen LogP contribution in [0.4, 0.5) is 0 Å². The fourth-order valence-electron chi connectivity index (χ4n) is 4.00. The van der Waals surface area contributed by atoms with Gasteiger partial charge >= 0.3 is 0 Å². The average molecular weight is 375 g/mol. The number of thioether (sulfide) groups is 1. The van der Waals surface area contributed by atoms with Gasteiger partial charge in [-0.1, -0.05) is 58.0 Å². The van der Waals surface area contributed by atoms with Crippen LogP contribution in [-0.2, 0) is 0 Å². The third-order valence-corrected chi connectivity index (χ3v) is 8.93. The molecule has 0 amide bonds. The van der Waals surface area contributed by atoms with Crippen molar-refractivity contribution in [2.75, 3.05) is 0 Å². The van der Waals surface area contributed by atoms with Gasteiger partial charge in [0.2, 0.25) is 0 Å². The van der Waals surface area contributed by atoms with E-state index in [1.807, 2.05) is 0 Å². The molecule has 5 rings (SSSR count). The maximum absolute atomic E-state index is 6.30. The van der Waals surface area contributed by atoms with Crippen LogP contribution in [0, 0.1) is 23.7 Å². The summed E-state index contributed by atoms with van der Waals surface area (Å²) in [5.74, 6) is 3.58. The molecule has 2 unspecified atom stereocenters. The predicted molar refractivity (Wildman–Crippen MR) is 84.3 cm³/mol. The van der Waals surface area contributed by atoms with Gasteiger partial charge in [-0.25, -0.2) is 0 Å². The second kappa shape index (κ2) is 4.51. The van der Waals surface area contributed by atoms with E-state index in [9.17, 15) is 0 Å². The molecule has 4 aliphatic carbocycles. The molecule has 0 saturated heterocycles. The fraction of sp³-hybridized carbons (Fsp3) is 0.538. The Balaban J connectivity index is 1.72. The van der Waals surface area contributed by atoms with E-state index in [4.69, 9.17) is 58.0 Å². The lowest BCUT2D eigenvalue weighted by atomic mass is 10.1. The van der Waals surface area contributed by atoms with Crippen molar-refractivity contribution in [2.24, 2.45) is 23.7 Å². The maximum Gasteiger partial charge on any atom is 0.0809 e. The largest absolute Gasteiger partial charge is 0.119 e. The van der Waals surface area contributed by atoms with Gasteiger partial charge in [-0.3, -0.25) is 0 Å². The molecule has 0 spiro atoms. The summed E-state index contributed by atoms with van der Waals surface area (Å²) in [6.45, 7) is 0. The van der Waals surface area contributed by atoms with Crippen LogP contribution < -0.4 is 0 Å². The minimum Gasteiger partial charge on any atom is -0.119 e. The van der Waals surface area contributed by atoms with Crippen LogP contribution in [0.25, 0.3) is 0 Å². The second-order valence-electron chi connectivity index (χ2n) is 5.62. The van der Waals surface area contributed by atoms with E-state index >= 15 is 0 Å². The van der Waals surface area contributed by atoms with E-state index in [2.05, 4.69) is 0 Å². The molecular formula is C13H9Cl5S. The van der Waals surface area contributed by atoms with Gasteiger partial charge in [0.15, 0.2) is 0 Å². The molecule has 0 N–H and O–H groups in total. The summed E-state index contributed by atoms with van der Waals surface area (Å²) in [7, 11) is 0.